The van der Waals surface area contributed by atoms with Crippen LogP contribution in [0.4, 0.5) is 0 Å². The number of rotatable bonds is 8. The van der Waals surface area contributed by atoms with Crippen LogP contribution in [0.15, 0.2) is 53.8 Å². The zero-order chi connectivity index (χ0) is 19.2. The highest BCUT2D eigenvalue weighted by atomic mass is 79.9. The first-order valence-electron chi connectivity index (χ1n) is 8.06. The number of ether oxygens (including phenoxy) is 2. The molecule has 7 nitrogen and oxygen atoms in total. The minimum atomic E-state index is 0.395. The number of hydrogen-bond donors (Lipinski definition) is 2. The maximum atomic E-state index is 5.66. The molecule has 3 rings (SSSR count). The maximum absolute atomic E-state index is 5.66. The van der Waals surface area contributed by atoms with Crippen molar-refractivity contribution in [3.63, 3.8) is 0 Å². The lowest BCUT2D eigenvalue weighted by molar-refractivity contribution is 0.324. The molecule has 0 aliphatic rings. The van der Waals surface area contributed by atoms with Gasteiger partial charge < -0.3 is 14.9 Å². The highest BCUT2D eigenvalue weighted by Crippen LogP contribution is 2.36. The van der Waals surface area contributed by atoms with Gasteiger partial charge >= 0.3 is 0 Å². The largest absolute Gasteiger partial charge is 0.493 e. The molecule has 0 radical (unpaired) electrons. The van der Waals surface area contributed by atoms with Gasteiger partial charge in [0.05, 0.1) is 18.1 Å². The first-order valence-corrected chi connectivity index (χ1v) is 9.26. The molecule has 0 saturated heterocycles. The third-order valence-corrected chi connectivity index (χ3v) is 4.55. The maximum Gasteiger partial charge on any atom is 0.214 e. The van der Waals surface area contributed by atoms with Crippen LogP contribution in [0.5, 0.6) is 11.5 Å². The van der Waals surface area contributed by atoms with Gasteiger partial charge in [-0.1, -0.05) is 12.7 Å². The fourth-order valence-electron chi connectivity index (χ4n) is 2.47. The van der Waals surface area contributed by atoms with Crippen LogP contribution in [0.2, 0.25) is 0 Å². The van der Waals surface area contributed by atoms with Gasteiger partial charge in [0.15, 0.2) is 17.3 Å². The molecule has 140 valence electrons. The third-order valence-electron chi connectivity index (χ3n) is 3.69. The third kappa shape index (κ3) is 4.37. The second kappa shape index (κ2) is 8.83. The number of methoxy groups -OCH3 is 1. The van der Waals surface area contributed by atoms with Gasteiger partial charge in [-0.25, -0.2) is 9.77 Å². The highest BCUT2D eigenvalue weighted by Gasteiger charge is 2.13. The summed E-state index contributed by atoms with van der Waals surface area (Å²) >= 11 is 8.87. The van der Waals surface area contributed by atoms with Crippen molar-refractivity contribution in [2.24, 2.45) is 0 Å². The number of pyridine rings is 1. The number of benzene rings is 1. The molecule has 27 heavy (non-hydrogen) atoms. The number of halogens is 1. The number of H-pyrrole nitrogens is 1. The molecule has 0 aliphatic heterocycles. The standard InChI is InChI=1S/C18H18BrN5O2S/c1-3-8-26-16-14(19)9-12(10-15(16)25-2)11-21-24-17(22-23-18(24)27)13-4-6-20-7-5-13/h3-7,9-10,21H,1,8,11H2,2H3,(H,23,27). The Kier molecular flexibility index (Phi) is 6.25. The van der Waals surface area contributed by atoms with Crippen LogP contribution < -0.4 is 14.9 Å². The van der Waals surface area contributed by atoms with Crippen molar-refractivity contribution in [2.75, 3.05) is 19.1 Å². The SMILES string of the molecule is C=CCOc1c(Br)cc(CNn2c(-c3ccncc3)n[nH]c2=S)cc1OC. The van der Waals surface area contributed by atoms with Gasteiger partial charge in [-0.05, 0) is 58.0 Å². The van der Waals surface area contributed by atoms with Crippen molar-refractivity contribution in [2.45, 2.75) is 6.54 Å². The van der Waals surface area contributed by atoms with Crippen LogP contribution in [0.3, 0.4) is 0 Å². The molecule has 2 aromatic heterocycles. The normalized spacial score (nSPS) is 10.4. The monoisotopic (exact) mass is 447 g/mol. The quantitative estimate of drug-likeness (QED) is 0.400. The topological polar surface area (TPSA) is 77.0 Å². The number of hydrogen-bond acceptors (Lipinski definition) is 6. The number of nitrogens with one attached hydrogen (secondary N) is 2. The molecule has 0 atom stereocenters. The highest BCUT2D eigenvalue weighted by molar-refractivity contribution is 9.10. The number of nitrogens with zero attached hydrogens (tertiary/aromatic N) is 3. The summed E-state index contributed by atoms with van der Waals surface area (Å²) in [5.41, 5.74) is 5.16. The first kappa shape index (κ1) is 19.1. The van der Waals surface area contributed by atoms with E-state index in [1.54, 1.807) is 30.3 Å². The van der Waals surface area contributed by atoms with Gasteiger partial charge in [0.2, 0.25) is 4.77 Å². The lowest BCUT2D eigenvalue weighted by Gasteiger charge is -2.15. The van der Waals surface area contributed by atoms with Crippen molar-refractivity contribution in [1.82, 2.24) is 19.9 Å². The Morgan fingerprint density at radius 1 is 1.37 bits per heavy atom. The predicted octanol–water partition coefficient (Wildman–Crippen LogP) is 4.08. The van der Waals surface area contributed by atoms with E-state index in [9.17, 15) is 0 Å². The second-order valence-electron chi connectivity index (χ2n) is 5.47. The van der Waals surface area contributed by atoms with Crippen molar-refractivity contribution in [3.05, 3.63) is 64.1 Å². The molecular formula is C18H18BrN5O2S. The van der Waals surface area contributed by atoms with Crippen LogP contribution in [0, 0.1) is 4.77 Å². The van der Waals surface area contributed by atoms with Crippen LogP contribution in [0.25, 0.3) is 11.4 Å². The van der Waals surface area contributed by atoms with Gasteiger partial charge in [0.1, 0.15) is 6.61 Å². The molecule has 2 heterocycles. The zero-order valence-corrected chi connectivity index (χ0v) is 17.0. The Morgan fingerprint density at radius 3 is 2.85 bits per heavy atom. The van der Waals surface area contributed by atoms with Gasteiger partial charge in [0, 0.05) is 18.0 Å². The fourth-order valence-corrected chi connectivity index (χ4v) is 3.27. The molecule has 2 N–H and O–H groups in total. The average molecular weight is 448 g/mol. The van der Waals surface area contributed by atoms with E-state index in [1.807, 2.05) is 24.3 Å². The molecule has 1 aromatic carbocycles. The molecular weight excluding hydrogens is 430 g/mol. The number of aromatic amines is 1. The van der Waals surface area contributed by atoms with Crippen molar-refractivity contribution in [3.8, 4) is 22.9 Å². The van der Waals surface area contributed by atoms with E-state index in [2.05, 4.69) is 43.1 Å². The summed E-state index contributed by atoms with van der Waals surface area (Å²) in [6.45, 7) is 4.56. The summed E-state index contributed by atoms with van der Waals surface area (Å²) in [5, 5.41) is 7.10. The Labute approximate surface area is 170 Å². The summed E-state index contributed by atoms with van der Waals surface area (Å²) in [7, 11) is 1.60. The van der Waals surface area contributed by atoms with E-state index >= 15 is 0 Å². The van der Waals surface area contributed by atoms with E-state index in [4.69, 9.17) is 21.7 Å². The molecule has 9 heteroatoms. The molecule has 0 aliphatic carbocycles. The van der Waals surface area contributed by atoms with Crippen LogP contribution in [-0.4, -0.2) is 33.6 Å². The Hall–Kier alpha value is -2.65. The molecule has 0 bridgehead atoms. The smallest absolute Gasteiger partial charge is 0.214 e. The fraction of sp³-hybridized carbons (Fsp3) is 0.167. The summed E-state index contributed by atoms with van der Waals surface area (Å²) in [4.78, 5) is 4.03. The molecule has 0 fully saturated rings. The molecule has 0 unspecified atom stereocenters. The minimum Gasteiger partial charge on any atom is -0.493 e. The zero-order valence-electron chi connectivity index (χ0n) is 14.6. The van der Waals surface area contributed by atoms with Crippen LogP contribution in [0.1, 0.15) is 5.56 Å². The lowest BCUT2D eigenvalue weighted by atomic mass is 10.2. The van der Waals surface area contributed by atoms with E-state index in [0.717, 1.165) is 15.6 Å². The lowest BCUT2D eigenvalue weighted by Crippen LogP contribution is -2.16. The summed E-state index contributed by atoms with van der Waals surface area (Å²) in [5.74, 6) is 1.95. The van der Waals surface area contributed by atoms with Crippen molar-refractivity contribution >= 4 is 28.1 Å². The molecule has 0 spiro atoms. The van der Waals surface area contributed by atoms with E-state index in [1.165, 1.54) is 0 Å². The minimum absolute atomic E-state index is 0.395. The van der Waals surface area contributed by atoms with E-state index in [-0.39, 0.29) is 0 Å². The van der Waals surface area contributed by atoms with Crippen molar-refractivity contribution < 1.29 is 9.47 Å². The number of aromatic nitrogens is 4. The van der Waals surface area contributed by atoms with Crippen LogP contribution in [-0.2, 0) is 6.54 Å². The summed E-state index contributed by atoms with van der Waals surface area (Å²) in [6, 6.07) is 7.61. The molecule has 0 amide bonds. The molecule has 3 aromatic rings. The van der Waals surface area contributed by atoms with Gasteiger partial charge in [-0.15, -0.1) is 0 Å². The van der Waals surface area contributed by atoms with Gasteiger partial charge in [-0.2, -0.15) is 5.10 Å². The molecule has 0 saturated carbocycles. The summed E-state index contributed by atoms with van der Waals surface area (Å²) < 4.78 is 14.1. The Balaban J connectivity index is 1.84. The Bertz CT molecular complexity index is 987. The van der Waals surface area contributed by atoms with Gasteiger partial charge in [-0.3, -0.25) is 4.98 Å². The average Bonchev–Trinajstić information content (AvgIpc) is 3.06. The predicted molar refractivity (Wildman–Crippen MR) is 110 cm³/mol. The first-order chi connectivity index (χ1) is 13.1. The van der Waals surface area contributed by atoms with E-state index < -0.39 is 0 Å². The van der Waals surface area contributed by atoms with Crippen LogP contribution >= 0.6 is 28.1 Å². The van der Waals surface area contributed by atoms with Crippen molar-refractivity contribution in [1.29, 1.82) is 0 Å². The summed E-state index contributed by atoms with van der Waals surface area (Å²) in [6.07, 6.45) is 5.10. The van der Waals surface area contributed by atoms with Gasteiger partial charge in [0.25, 0.3) is 0 Å². The Morgan fingerprint density at radius 2 is 2.15 bits per heavy atom. The second-order valence-corrected chi connectivity index (χ2v) is 6.71. The van der Waals surface area contributed by atoms with E-state index in [0.29, 0.717) is 35.2 Å².